The van der Waals surface area contributed by atoms with Gasteiger partial charge in [0.2, 0.25) is 0 Å². The third kappa shape index (κ3) is 6.00. The van der Waals surface area contributed by atoms with Crippen LogP contribution in [0.2, 0.25) is 0 Å². The fraction of sp³-hybridized carbons (Fsp3) is 0.467. The third-order valence-corrected chi connectivity index (χ3v) is 2.70. The summed E-state index contributed by atoms with van der Waals surface area (Å²) < 4.78 is 5.63. The number of anilines is 1. The predicted molar refractivity (Wildman–Crippen MR) is 74.0 cm³/mol. The molecule has 0 aromatic heterocycles. The van der Waals surface area contributed by atoms with Gasteiger partial charge in [-0.15, -0.1) is 0 Å². The highest BCUT2D eigenvalue weighted by Gasteiger charge is 1.98. The Morgan fingerprint density at radius 2 is 1.76 bits per heavy atom. The number of benzene rings is 1. The fourth-order valence-corrected chi connectivity index (χ4v) is 1.68. The molecule has 1 aromatic carbocycles. The number of unbranched alkanes of at least 4 members (excludes halogenated alkanes) is 4. The van der Waals surface area contributed by atoms with Gasteiger partial charge in [0.05, 0.1) is 5.76 Å². The first-order valence-corrected chi connectivity index (χ1v) is 6.43. The van der Waals surface area contributed by atoms with Gasteiger partial charge in [-0.3, -0.25) is 0 Å². The highest BCUT2D eigenvalue weighted by Crippen LogP contribution is 2.18. The van der Waals surface area contributed by atoms with E-state index in [9.17, 15) is 0 Å². The maximum absolute atomic E-state index is 5.63. The molecular formula is C15H23NO. The number of hydrogen-bond acceptors (Lipinski definition) is 2. The topological polar surface area (TPSA) is 35.2 Å². The van der Waals surface area contributed by atoms with Crippen molar-refractivity contribution >= 4 is 5.69 Å². The number of nitrogens with two attached hydrogens (primary N) is 1. The van der Waals surface area contributed by atoms with E-state index >= 15 is 0 Å². The number of hydrogen-bond donors (Lipinski definition) is 1. The molecule has 0 fully saturated rings. The Morgan fingerprint density at radius 3 is 2.41 bits per heavy atom. The van der Waals surface area contributed by atoms with Gasteiger partial charge in [0, 0.05) is 12.1 Å². The van der Waals surface area contributed by atoms with Gasteiger partial charge >= 0.3 is 0 Å². The molecule has 0 saturated heterocycles. The Hall–Kier alpha value is -1.44. The Labute approximate surface area is 104 Å². The van der Waals surface area contributed by atoms with Gasteiger partial charge in [-0.25, -0.2) is 0 Å². The van der Waals surface area contributed by atoms with E-state index in [1.54, 1.807) is 0 Å². The third-order valence-electron chi connectivity index (χ3n) is 2.70. The molecule has 2 heteroatoms. The maximum atomic E-state index is 5.63. The lowest BCUT2D eigenvalue weighted by molar-refractivity contribution is 0.398. The monoisotopic (exact) mass is 233 g/mol. The van der Waals surface area contributed by atoms with Crippen molar-refractivity contribution in [1.82, 2.24) is 0 Å². The van der Waals surface area contributed by atoms with Gasteiger partial charge in [0.15, 0.2) is 0 Å². The number of nitrogen functional groups attached to an aromatic ring is 1. The predicted octanol–water partition coefficient (Wildman–Crippen LogP) is 4.52. The number of ether oxygens (including phenoxy) is 1. The molecule has 94 valence electrons. The average Bonchev–Trinajstić information content (AvgIpc) is 2.32. The van der Waals surface area contributed by atoms with Gasteiger partial charge in [-0.05, 0) is 30.7 Å². The average molecular weight is 233 g/mol. The van der Waals surface area contributed by atoms with Gasteiger partial charge < -0.3 is 10.5 Å². The lowest BCUT2D eigenvalue weighted by Crippen LogP contribution is -1.94. The second kappa shape index (κ2) is 7.77. The molecule has 0 aliphatic heterocycles. The molecule has 0 atom stereocenters. The summed E-state index contributed by atoms with van der Waals surface area (Å²) in [6, 6.07) is 7.42. The van der Waals surface area contributed by atoms with E-state index in [2.05, 4.69) is 13.5 Å². The Balaban J connectivity index is 2.18. The van der Waals surface area contributed by atoms with Crippen LogP contribution in [0.5, 0.6) is 5.75 Å². The molecule has 0 radical (unpaired) electrons. The molecule has 17 heavy (non-hydrogen) atoms. The molecule has 2 nitrogen and oxygen atoms in total. The molecule has 1 aromatic rings. The summed E-state index contributed by atoms with van der Waals surface area (Å²) in [5.41, 5.74) is 6.36. The van der Waals surface area contributed by atoms with Crippen LogP contribution in [0.3, 0.4) is 0 Å². The second-order valence-corrected chi connectivity index (χ2v) is 4.37. The lowest BCUT2D eigenvalue weighted by Gasteiger charge is -2.08. The molecule has 0 unspecified atom stereocenters. The van der Waals surface area contributed by atoms with E-state index in [-0.39, 0.29) is 0 Å². The van der Waals surface area contributed by atoms with Crippen LogP contribution >= 0.6 is 0 Å². The van der Waals surface area contributed by atoms with Crippen LogP contribution in [0, 0.1) is 0 Å². The van der Waals surface area contributed by atoms with Crippen LogP contribution in [-0.2, 0) is 0 Å². The molecule has 0 heterocycles. The first-order chi connectivity index (χ1) is 8.22. The second-order valence-electron chi connectivity index (χ2n) is 4.37. The van der Waals surface area contributed by atoms with Crippen molar-refractivity contribution in [3.8, 4) is 5.75 Å². The van der Waals surface area contributed by atoms with Gasteiger partial charge in [-0.2, -0.15) is 0 Å². The highest BCUT2D eigenvalue weighted by molar-refractivity contribution is 5.41. The summed E-state index contributed by atoms with van der Waals surface area (Å²) in [6.07, 6.45) is 7.28. The molecule has 0 aliphatic carbocycles. The van der Waals surface area contributed by atoms with Crippen LogP contribution in [-0.4, -0.2) is 0 Å². The summed E-state index contributed by atoms with van der Waals surface area (Å²) in [5, 5.41) is 0. The minimum absolute atomic E-state index is 0.752. The lowest BCUT2D eigenvalue weighted by atomic mass is 10.1. The van der Waals surface area contributed by atoms with E-state index in [0.29, 0.717) is 0 Å². The summed E-state index contributed by atoms with van der Waals surface area (Å²) >= 11 is 0. The van der Waals surface area contributed by atoms with E-state index in [0.717, 1.165) is 30.0 Å². The van der Waals surface area contributed by atoms with Crippen molar-refractivity contribution in [2.24, 2.45) is 0 Å². The van der Waals surface area contributed by atoms with E-state index < -0.39 is 0 Å². The Bertz CT molecular complexity index is 329. The first kappa shape index (κ1) is 13.6. The molecule has 0 spiro atoms. The van der Waals surface area contributed by atoms with E-state index in [4.69, 9.17) is 10.5 Å². The molecular weight excluding hydrogens is 210 g/mol. The summed E-state index contributed by atoms with van der Waals surface area (Å²) in [5.74, 6) is 1.66. The minimum atomic E-state index is 0.752. The first-order valence-electron chi connectivity index (χ1n) is 6.43. The van der Waals surface area contributed by atoms with Crippen molar-refractivity contribution in [2.45, 2.75) is 45.4 Å². The zero-order valence-corrected chi connectivity index (χ0v) is 10.7. The van der Waals surface area contributed by atoms with E-state index in [1.165, 1.54) is 25.7 Å². The summed E-state index contributed by atoms with van der Waals surface area (Å²) in [7, 11) is 0. The maximum Gasteiger partial charge on any atom is 0.127 e. The number of rotatable bonds is 8. The molecule has 0 bridgehead atoms. The molecule has 0 saturated carbocycles. The zero-order chi connectivity index (χ0) is 12.5. The normalized spacial score (nSPS) is 10.2. The van der Waals surface area contributed by atoms with Crippen LogP contribution < -0.4 is 10.5 Å². The van der Waals surface area contributed by atoms with Crippen LogP contribution in [0.1, 0.15) is 45.4 Å². The van der Waals surface area contributed by atoms with Crippen molar-refractivity contribution < 1.29 is 4.74 Å². The van der Waals surface area contributed by atoms with Crippen LogP contribution in [0.4, 0.5) is 5.69 Å². The highest BCUT2D eigenvalue weighted by atomic mass is 16.5. The summed E-state index contributed by atoms with van der Waals surface area (Å²) in [6.45, 7) is 6.16. The van der Waals surface area contributed by atoms with Crippen molar-refractivity contribution in [1.29, 1.82) is 0 Å². The van der Waals surface area contributed by atoms with Crippen LogP contribution in [0.25, 0.3) is 0 Å². The quantitative estimate of drug-likeness (QED) is 0.407. The SMILES string of the molecule is C=C(CCCCCCC)Oc1ccc(N)cc1. The fourth-order valence-electron chi connectivity index (χ4n) is 1.68. The van der Waals surface area contributed by atoms with E-state index in [1.807, 2.05) is 24.3 Å². The van der Waals surface area contributed by atoms with Crippen LogP contribution in [0.15, 0.2) is 36.6 Å². The standard InChI is InChI=1S/C15H23NO/c1-3-4-5-6-7-8-13(2)17-15-11-9-14(16)10-12-15/h9-12H,2-8,16H2,1H3. The molecule has 0 aliphatic rings. The van der Waals surface area contributed by atoms with Gasteiger partial charge in [0.1, 0.15) is 5.75 Å². The van der Waals surface area contributed by atoms with Crippen molar-refractivity contribution in [2.75, 3.05) is 5.73 Å². The molecule has 1 rings (SSSR count). The van der Waals surface area contributed by atoms with Crippen molar-refractivity contribution in [3.05, 3.63) is 36.6 Å². The molecule has 2 N–H and O–H groups in total. The van der Waals surface area contributed by atoms with Crippen molar-refractivity contribution in [3.63, 3.8) is 0 Å². The Kier molecular flexibility index (Phi) is 6.23. The largest absolute Gasteiger partial charge is 0.462 e. The number of allylic oxidation sites excluding steroid dienone is 1. The van der Waals surface area contributed by atoms with Gasteiger partial charge in [0.25, 0.3) is 0 Å². The minimum Gasteiger partial charge on any atom is -0.462 e. The molecule has 0 amide bonds. The Morgan fingerprint density at radius 1 is 1.12 bits per heavy atom. The van der Waals surface area contributed by atoms with Gasteiger partial charge in [-0.1, -0.05) is 39.2 Å². The summed E-state index contributed by atoms with van der Waals surface area (Å²) in [4.78, 5) is 0. The zero-order valence-electron chi connectivity index (χ0n) is 10.7. The smallest absolute Gasteiger partial charge is 0.127 e.